The molecule has 0 radical (unpaired) electrons. The van der Waals surface area contributed by atoms with Gasteiger partial charge < -0.3 is 10.7 Å². The van der Waals surface area contributed by atoms with Crippen LogP contribution in [0, 0.1) is 10.1 Å². The van der Waals surface area contributed by atoms with Crippen LogP contribution in [0.15, 0.2) is 59.6 Å². The number of hydrogen-bond donors (Lipinski definition) is 3. The van der Waals surface area contributed by atoms with E-state index >= 15 is 0 Å². The Balaban J connectivity index is 1.85. The Labute approximate surface area is 154 Å². The number of aromatic nitrogens is 1. The van der Waals surface area contributed by atoms with E-state index in [0.717, 1.165) is 40.7 Å². The number of sulfonamides is 1. The van der Waals surface area contributed by atoms with Crippen molar-refractivity contribution >= 4 is 32.5 Å². The summed E-state index contributed by atoms with van der Waals surface area (Å²) in [5, 5.41) is 11.5. The highest BCUT2D eigenvalue weighted by molar-refractivity contribution is 7.89. The second kappa shape index (κ2) is 7.17. The first-order valence-corrected chi connectivity index (χ1v) is 9.37. The van der Waals surface area contributed by atoms with E-state index in [2.05, 4.69) is 9.71 Å². The van der Waals surface area contributed by atoms with Gasteiger partial charge in [0.05, 0.1) is 9.82 Å². The Kier molecular flexibility index (Phi) is 4.93. The van der Waals surface area contributed by atoms with Gasteiger partial charge in [-0.05, 0) is 30.2 Å². The standard InChI is InChI=1S/C17H16N4O5S/c18-17(22)16(9-11-10-19-15-4-2-1-3-14(11)15)20-27(25,26)13-7-5-12(6-8-13)21(23)24/h1-8,10,16,19-20H,9H2,(H2,18,22)/t16-/m0/s1. The molecule has 1 aromatic heterocycles. The number of primary amides is 1. The lowest BCUT2D eigenvalue weighted by Gasteiger charge is -2.15. The summed E-state index contributed by atoms with van der Waals surface area (Å²) in [6.07, 6.45) is 1.76. The van der Waals surface area contributed by atoms with Crippen molar-refractivity contribution in [3.8, 4) is 0 Å². The zero-order valence-electron chi connectivity index (χ0n) is 14.0. The molecule has 1 heterocycles. The van der Waals surface area contributed by atoms with Gasteiger partial charge in [-0.2, -0.15) is 4.72 Å². The summed E-state index contributed by atoms with van der Waals surface area (Å²) in [4.78, 5) is 24.7. The van der Waals surface area contributed by atoms with Crippen LogP contribution in [-0.4, -0.2) is 30.3 Å². The van der Waals surface area contributed by atoms with Crippen molar-refractivity contribution in [1.29, 1.82) is 0 Å². The van der Waals surface area contributed by atoms with Gasteiger partial charge in [0.15, 0.2) is 0 Å². The minimum Gasteiger partial charge on any atom is -0.368 e. The molecule has 4 N–H and O–H groups in total. The van der Waals surface area contributed by atoms with Gasteiger partial charge in [-0.15, -0.1) is 0 Å². The minimum absolute atomic E-state index is 0.0611. The van der Waals surface area contributed by atoms with Gasteiger partial charge in [0.25, 0.3) is 5.69 Å². The zero-order valence-corrected chi connectivity index (χ0v) is 14.8. The average molecular weight is 388 g/mol. The van der Waals surface area contributed by atoms with E-state index in [-0.39, 0.29) is 17.0 Å². The third kappa shape index (κ3) is 3.96. The summed E-state index contributed by atoms with van der Waals surface area (Å²) in [7, 11) is -4.09. The SMILES string of the molecule is NC(=O)[C@H](Cc1c[nH]c2ccccc12)NS(=O)(=O)c1ccc([N+](=O)[O-])cc1. The number of non-ortho nitro benzene ring substituents is 1. The van der Waals surface area contributed by atoms with Crippen LogP contribution in [0.1, 0.15) is 5.56 Å². The molecule has 0 saturated carbocycles. The fraction of sp³-hybridized carbons (Fsp3) is 0.118. The third-order valence-electron chi connectivity index (χ3n) is 4.10. The molecule has 9 nitrogen and oxygen atoms in total. The largest absolute Gasteiger partial charge is 0.368 e. The molecule has 0 aliphatic heterocycles. The second-order valence-corrected chi connectivity index (χ2v) is 7.60. The number of carbonyl (C=O) groups excluding carboxylic acids is 1. The van der Waals surface area contributed by atoms with Crippen LogP contribution in [0.5, 0.6) is 0 Å². The van der Waals surface area contributed by atoms with Gasteiger partial charge in [-0.1, -0.05) is 18.2 Å². The Hall–Kier alpha value is -3.24. The van der Waals surface area contributed by atoms with Crippen molar-refractivity contribution in [1.82, 2.24) is 9.71 Å². The van der Waals surface area contributed by atoms with E-state index in [9.17, 15) is 23.3 Å². The number of hydrogen-bond acceptors (Lipinski definition) is 5. The lowest BCUT2D eigenvalue weighted by Crippen LogP contribution is -2.45. The molecule has 1 atom stereocenters. The van der Waals surface area contributed by atoms with Crippen molar-refractivity contribution in [2.45, 2.75) is 17.4 Å². The number of nitrogens with one attached hydrogen (secondary N) is 2. The number of benzene rings is 2. The van der Waals surface area contributed by atoms with Crippen LogP contribution in [0.2, 0.25) is 0 Å². The van der Waals surface area contributed by atoms with E-state index in [1.54, 1.807) is 6.20 Å². The Morgan fingerprint density at radius 2 is 1.85 bits per heavy atom. The van der Waals surface area contributed by atoms with Crippen LogP contribution in [0.25, 0.3) is 10.9 Å². The Morgan fingerprint density at radius 1 is 1.19 bits per heavy atom. The van der Waals surface area contributed by atoms with Crippen LogP contribution in [0.4, 0.5) is 5.69 Å². The number of aromatic amines is 1. The number of carbonyl (C=O) groups is 1. The number of rotatable bonds is 7. The maximum Gasteiger partial charge on any atom is 0.269 e. The van der Waals surface area contributed by atoms with Crippen molar-refractivity contribution in [3.05, 3.63) is 70.4 Å². The molecule has 0 bridgehead atoms. The predicted octanol–water partition coefficient (Wildman–Crippen LogP) is 1.45. The number of H-pyrrole nitrogens is 1. The number of fused-ring (bicyclic) bond motifs is 1. The van der Waals surface area contributed by atoms with E-state index in [0.29, 0.717) is 0 Å². The van der Waals surface area contributed by atoms with Gasteiger partial charge in [-0.3, -0.25) is 14.9 Å². The van der Waals surface area contributed by atoms with E-state index in [1.165, 1.54) is 0 Å². The molecule has 0 spiro atoms. The molecular formula is C17H16N4O5S. The average Bonchev–Trinajstić information content (AvgIpc) is 3.04. The maximum absolute atomic E-state index is 12.5. The quantitative estimate of drug-likeness (QED) is 0.414. The van der Waals surface area contributed by atoms with E-state index in [4.69, 9.17) is 5.73 Å². The van der Waals surface area contributed by atoms with Gasteiger partial charge >= 0.3 is 0 Å². The van der Waals surface area contributed by atoms with E-state index < -0.39 is 26.9 Å². The predicted molar refractivity (Wildman–Crippen MR) is 98.4 cm³/mol. The molecule has 1 amide bonds. The topological polar surface area (TPSA) is 148 Å². The van der Waals surface area contributed by atoms with Crippen molar-refractivity contribution in [2.24, 2.45) is 5.73 Å². The normalized spacial score (nSPS) is 12.7. The summed E-state index contributed by atoms with van der Waals surface area (Å²) >= 11 is 0. The highest BCUT2D eigenvalue weighted by Crippen LogP contribution is 2.20. The molecule has 10 heteroatoms. The zero-order chi connectivity index (χ0) is 19.6. The number of nitrogens with two attached hydrogens (primary N) is 1. The van der Waals surface area contributed by atoms with Crippen LogP contribution in [-0.2, 0) is 21.2 Å². The van der Waals surface area contributed by atoms with Gasteiger partial charge in [0.2, 0.25) is 15.9 Å². The summed E-state index contributed by atoms with van der Waals surface area (Å²) < 4.78 is 27.3. The third-order valence-corrected chi connectivity index (χ3v) is 5.59. The first-order valence-electron chi connectivity index (χ1n) is 7.89. The molecular weight excluding hydrogens is 372 g/mol. The molecule has 27 heavy (non-hydrogen) atoms. The Morgan fingerprint density at radius 3 is 2.48 bits per heavy atom. The lowest BCUT2D eigenvalue weighted by atomic mass is 10.1. The number of nitrogens with zero attached hydrogens (tertiary/aromatic N) is 1. The molecule has 0 aliphatic rings. The summed E-state index contributed by atoms with van der Waals surface area (Å²) in [5.41, 5.74) is 6.74. The summed E-state index contributed by atoms with van der Waals surface area (Å²) in [6, 6.07) is 10.6. The number of amides is 1. The Bertz CT molecular complexity index is 1110. The van der Waals surface area contributed by atoms with Gasteiger partial charge in [-0.25, -0.2) is 8.42 Å². The fourth-order valence-corrected chi connectivity index (χ4v) is 3.93. The first-order chi connectivity index (χ1) is 12.8. The number of para-hydroxylation sites is 1. The molecule has 0 fully saturated rings. The number of nitro benzene ring substituents is 1. The highest BCUT2D eigenvalue weighted by Gasteiger charge is 2.25. The monoisotopic (exact) mass is 388 g/mol. The van der Waals surface area contributed by atoms with E-state index in [1.807, 2.05) is 24.3 Å². The minimum atomic E-state index is -4.09. The molecule has 2 aromatic carbocycles. The van der Waals surface area contributed by atoms with Gasteiger partial charge in [0.1, 0.15) is 6.04 Å². The van der Waals surface area contributed by atoms with Gasteiger partial charge in [0, 0.05) is 29.2 Å². The lowest BCUT2D eigenvalue weighted by molar-refractivity contribution is -0.384. The molecule has 0 aliphatic carbocycles. The van der Waals surface area contributed by atoms with Crippen molar-refractivity contribution < 1.29 is 18.1 Å². The summed E-state index contributed by atoms with van der Waals surface area (Å²) in [5.74, 6) is -0.828. The molecule has 0 unspecified atom stereocenters. The van der Waals surface area contributed by atoms with Crippen LogP contribution in [0.3, 0.4) is 0 Å². The van der Waals surface area contributed by atoms with Crippen molar-refractivity contribution in [3.63, 3.8) is 0 Å². The number of nitro groups is 1. The molecule has 3 aromatic rings. The summed E-state index contributed by atoms with van der Waals surface area (Å²) in [6.45, 7) is 0. The fourth-order valence-electron chi connectivity index (χ4n) is 2.72. The maximum atomic E-state index is 12.5. The molecule has 0 saturated heterocycles. The molecule has 3 rings (SSSR count). The van der Waals surface area contributed by atoms with Crippen LogP contribution < -0.4 is 10.5 Å². The first kappa shape index (κ1) is 18.5. The van der Waals surface area contributed by atoms with Crippen LogP contribution >= 0.6 is 0 Å². The highest BCUT2D eigenvalue weighted by atomic mass is 32.2. The second-order valence-electron chi connectivity index (χ2n) is 5.89. The smallest absolute Gasteiger partial charge is 0.269 e. The molecule has 140 valence electrons. The van der Waals surface area contributed by atoms with Crippen molar-refractivity contribution in [2.75, 3.05) is 0 Å².